The van der Waals surface area contributed by atoms with Gasteiger partial charge in [-0.3, -0.25) is 9.59 Å². The number of aryl methyl sites for hydroxylation is 1. The molecule has 2 atom stereocenters. The maximum atomic E-state index is 11.8. The average Bonchev–Trinajstić information content (AvgIpc) is 2.88. The SMILES string of the molecule is Cc1ccc(Cl)c(OCC(=O)N[C@H]2CC[C@@H](C(=O)O)C2)c1. The zero-order valence-electron chi connectivity index (χ0n) is 11.8. The van der Waals surface area contributed by atoms with Gasteiger partial charge in [0.25, 0.3) is 5.91 Å². The van der Waals surface area contributed by atoms with Crippen LogP contribution < -0.4 is 10.1 Å². The van der Waals surface area contributed by atoms with Crippen LogP contribution in [-0.2, 0) is 9.59 Å². The molecule has 0 spiro atoms. The second kappa shape index (κ2) is 6.80. The third kappa shape index (κ3) is 4.36. The van der Waals surface area contributed by atoms with Crippen LogP contribution in [0.1, 0.15) is 24.8 Å². The highest BCUT2D eigenvalue weighted by Gasteiger charge is 2.30. The fourth-order valence-electron chi connectivity index (χ4n) is 2.47. The maximum Gasteiger partial charge on any atom is 0.306 e. The Morgan fingerprint density at radius 3 is 2.86 bits per heavy atom. The largest absolute Gasteiger partial charge is 0.482 e. The van der Waals surface area contributed by atoms with Gasteiger partial charge >= 0.3 is 5.97 Å². The first-order valence-electron chi connectivity index (χ1n) is 6.87. The van der Waals surface area contributed by atoms with Crippen molar-refractivity contribution >= 4 is 23.5 Å². The van der Waals surface area contributed by atoms with Gasteiger partial charge in [-0.25, -0.2) is 0 Å². The molecule has 1 fully saturated rings. The number of carboxylic acids is 1. The normalized spacial score (nSPS) is 21.0. The van der Waals surface area contributed by atoms with E-state index in [2.05, 4.69) is 5.32 Å². The Labute approximate surface area is 128 Å². The molecule has 1 aromatic carbocycles. The Kier molecular flexibility index (Phi) is 5.07. The van der Waals surface area contributed by atoms with Crippen molar-refractivity contribution in [2.24, 2.45) is 5.92 Å². The second-order valence-corrected chi connectivity index (χ2v) is 5.74. The molecule has 0 bridgehead atoms. The van der Waals surface area contributed by atoms with Crippen LogP contribution in [0, 0.1) is 12.8 Å². The van der Waals surface area contributed by atoms with E-state index < -0.39 is 5.97 Å². The summed E-state index contributed by atoms with van der Waals surface area (Å²) < 4.78 is 5.40. The van der Waals surface area contributed by atoms with Gasteiger partial charge in [0.15, 0.2) is 6.61 Å². The Bertz CT molecular complexity index is 546. The van der Waals surface area contributed by atoms with E-state index in [0.717, 1.165) is 5.56 Å². The van der Waals surface area contributed by atoms with Gasteiger partial charge in [-0.2, -0.15) is 0 Å². The van der Waals surface area contributed by atoms with Crippen molar-refractivity contribution < 1.29 is 19.4 Å². The number of benzene rings is 1. The lowest BCUT2D eigenvalue weighted by Gasteiger charge is -2.13. The van der Waals surface area contributed by atoms with E-state index in [-0.39, 0.29) is 24.5 Å². The number of hydrogen-bond donors (Lipinski definition) is 2. The third-order valence-electron chi connectivity index (χ3n) is 3.59. The summed E-state index contributed by atoms with van der Waals surface area (Å²) in [6.07, 6.45) is 1.77. The number of halogens is 1. The highest BCUT2D eigenvalue weighted by Crippen LogP contribution is 2.26. The Morgan fingerprint density at radius 1 is 1.43 bits per heavy atom. The van der Waals surface area contributed by atoms with Gasteiger partial charge in [0.05, 0.1) is 10.9 Å². The van der Waals surface area contributed by atoms with Crippen LogP contribution in [0.4, 0.5) is 0 Å². The molecular weight excluding hydrogens is 294 g/mol. The molecule has 2 rings (SSSR count). The topological polar surface area (TPSA) is 75.6 Å². The van der Waals surface area contributed by atoms with Gasteiger partial charge in [-0.05, 0) is 43.9 Å². The predicted molar refractivity (Wildman–Crippen MR) is 78.6 cm³/mol. The van der Waals surface area contributed by atoms with Crippen molar-refractivity contribution in [2.45, 2.75) is 32.2 Å². The molecule has 21 heavy (non-hydrogen) atoms. The molecule has 2 N–H and O–H groups in total. The van der Waals surface area contributed by atoms with E-state index in [1.165, 1.54) is 0 Å². The molecule has 0 aliphatic heterocycles. The molecule has 0 radical (unpaired) electrons. The number of carboxylic acid groups (broad SMARTS) is 1. The lowest BCUT2D eigenvalue weighted by Crippen LogP contribution is -2.36. The molecule has 0 saturated heterocycles. The van der Waals surface area contributed by atoms with Gasteiger partial charge in [-0.15, -0.1) is 0 Å². The van der Waals surface area contributed by atoms with Gasteiger partial charge in [0.1, 0.15) is 5.75 Å². The molecule has 1 saturated carbocycles. The fraction of sp³-hybridized carbons (Fsp3) is 0.467. The molecular formula is C15H18ClNO4. The van der Waals surface area contributed by atoms with E-state index in [9.17, 15) is 9.59 Å². The summed E-state index contributed by atoms with van der Waals surface area (Å²) in [5.41, 5.74) is 0.995. The van der Waals surface area contributed by atoms with Gasteiger partial charge in [-0.1, -0.05) is 17.7 Å². The molecule has 114 valence electrons. The number of nitrogens with one attached hydrogen (secondary N) is 1. The maximum absolute atomic E-state index is 11.8. The van der Waals surface area contributed by atoms with Crippen LogP contribution in [0.3, 0.4) is 0 Å². The van der Waals surface area contributed by atoms with Gasteiger partial charge in [0, 0.05) is 6.04 Å². The van der Waals surface area contributed by atoms with Crippen molar-refractivity contribution in [3.05, 3.63) is 28.8 Å². The summed E-state index contributed by atoms with van der Waals surface area (Å²) in [7, 11) is 0. The molecule has 1 amide bonds. The standard InChI is InChI=1S/C15H18ClNO4/c1-9-2-5-12(16)13(6-9)21-8-14(18)17-11-4-3-10(7-11)15(19)20/h2,5-6,10-11H,3-4,7-8H2,1H3,(H,17,18)(H,19,20)/t10-,11+/m1/s1. The number of ether oxygens (including phenoxy) is 1. The zero-order chi connectivity index (χ0) is 15.4. The van der Waals surface area contributed by atoms with Crippen molar-refractivity contribution in [2.75, 3.05) is 6.61 Å². The molecule has 1 aromatic rings. The van der Waals surface area contributed by atoms with E-state index in [4.69, 9.17) is 21.4 Å². The highest BCUT2D eigenvalue weighted by atomic mass is 35.5. The van der Waals surface area contributed by atoms with Crippen molar-refractivity contribution in [3.8, 4) is 5.75 Å². The van der Waals surface area contributed by atoms with E-state index in [1.54, 1.807) is 12.1 Å². The van der Waals surface area contributed by atoms with E-state index in [1.807, 2.05) is 13.0 Å². The fourth-order valence-corrected chi connectivity index (χ4v) is 2.64. The van der Waals surface area contributed by atoms with Crippen LogP contribution in [0.15, 0.2) is 18.2 Å². The van der Waals surface area contributed by atoms with Crippen molar-refractivity contribution in [1.82, 2.24) is 5.32 Å². The minimum atomic E-state index is -0.797. The monoisotopic (exact) mass is 311 g/mol. The molecule has 6 heteroatoms. The van der Waals surface area contributed by atoms with Crippen LogP contribution in [-0.4, -0.2) is 29.6 Å². The lowest BCUT2D eigenvalue weighted by molar-refractivity contribution is -0.141. The zero-order valence-corrected chi connectivity index (χ0v) is 12.5. The van der Waals surface area contributed by atoms with Crippen molar-refractivity contribution in [1.29, 1.82) is 0 Å². The first kappa shape index (κ1) is 15.6. The number of carbonyl (C=O) groups excluding carboxylic acids is 1. The molecule has 1 aliphatic carbocycles. The minimum Gasteiger partial charge on any atom is -0.482 e. The quantitative estimate of drug-likeness (QED) is 0.875. The van der Waals surface area contributed by atoms with Crippen molar-refractivity contribution in [3.63, 3.8) is 0 Å². The summed E-state index contributed by atoms with van der Waals surface area (Å²) >= 11 is 5.98. The van der Waals surface area contributed by atoms with Crippen LogP contribution in [0.25, 0.3) is 0 Å². The van der Waals surface area contributed by atoms with Gasteiger partial charge in [0.2, 0.25) is 0 Å². The number of hydrogen-bond acceptors (Lipinski definition) is 3. The molecule has 1 aliphatic rings. The Hall–Kier alpha value is -1.75. The third-order valence-corrected chi connectivity index (χ3v) is 3.90. The highest BCUT2D eigenvalue weighted by molar-refractivity contribution is 6.32. The summed E-state index contributed by atoms with van der Waals surface area (Å²) in [5.74, 6) is -0.942. The van der Waals surface area contributed by atoms with E-state index in [0.29, 0.717) is 30.0 Å². The minimum absolute atomic E-state index is 0.0878. The average molecular weight is 312 g/mol. The molecule has 5 nitrogen and oxygen atoms in total. The first-order chi connectivity index (χ1) is 9.95. The van der Waals surface area contributed by atoms with Crippen LogP contribution in [0.5, 0.6) is 5.75 Å². The van der Waals surface area contributed by atoms with E-state index >= 15 is 0 Å². The predicted octanol–water partition coefficient (Wildman–Crippen LogP) is 2.40. The number of aliphatic carboxylic acids is 1. The number of carbonyl (C=O) groups is 2. The lowest BCUT2D eigenvalue weighted by atomic mass is 10.1. The molecule has 0 heterocycles. The Balaban J connectivity index is 1.80. The van der Waals surface area contributed by atoms with Crippen LogP contribution in [0.2, 0.25) is 5.02 Å². The molecule has 0 aromatic heterocycles. The number of amides is 1. The smallest absolute Gasteiger partial charge is 0.306 e. The molecule has 0 unspecified atom stereocenters. The van der Waals surface area contributed by atoms with Crippen LogP contribution >= 0.6 is 11.6 Å². The summed E-state index contributed by atoms with van der Waals surface area (Å²) in [6.45, 7) is 1.78. The summed E-state index contributed by atoms with van der Waals surface area (Å²) in [4.78, 5) is 22.7. The summed E-state index contributed by atoms with van der Waals surface area (Å²) in [5, 5.41) is 12.2. The first-order valence-corrected chi connectivity index (χ1v) is 7.24. The van der Waals surface area contributed by atoms with Gasteiger partial charge < -0.3 is 15.2 Å². The number of rotatable bonds is 5. The Morgan fingerprint density at radius 2 is 2.19 bits per heavy atom. The second-order valence-electron chi connectivity index (χ2n) is 5.34. The summed E-state index contributed by atoms with van der Waals surface area (Å²) in [6, 6.07) is 5.26.